The van der Waals surface area contributed by atoms with E-state index in [0.29, 0.717) is 6.17 Å². The maximum atomic E-state index is 4.64. The van der Waals surface area contributed by atoms with Crippen molar-refractivity contribution in [3.63, 3.8) is 0 Å². The van der Waals surface area contributed by atoms with E-state index in [2.05, 4.69) is 10.2 Å². The Hall–Kier alpha value is -0.0800. The lowest BCUT2D eigenvalue weighted by molar-refractivity contribution is 0.165. The smallest absolute Gasteiger partial charge is 0.0760 e. The monoisotopic (exact) mass is 153 g/mol. The van der Waals surface area contributed by atoms with Crippen LogP contribution >= 0.6 is 0 Å². The molecule has 63 valence electrons. The van der Waals surface area contributed by atoms with Crippen molar-refractivity contribution in [3.05, 3.63) is 0 Å². The van der Waals surface area contributed by atoms with Crippen LogP contribution in [0.1, 0.15) is 32.1 Å². The van der Waals surface area contributed by atoms with Crippen LogP contribution in [0.3, 0.4) is 0 Å². The first-order valence-electron chi connectivity index (χ1n) is 4.87. The van der Waals surface area contributed by atoms with Crippen LogP contribution in [0, 0.1) is 0 Å². The van der Waals surface area contributed by atoms with Gasteiger partial charge < -0.3 is 0 Å². The molecule has 1 atom stereocenters. The topological polar surface area (TPSA) is 17.3 Å². The number of nitrogens with zero attached hydrogens (tertiary/aromatic N) is 2. The summed E-state index contributed by atoms with van der Waals surface area (Å²) in [7, 11) is 0. The molecule has 0 bridgehead atoms. The van der Waals surface area contributed by atoms with Crippen molar-refractivity contribution in [1.82, 2.24) is 10.2 Å². The van der Waals surface area contributed by atoms with Gasteiger partial charge in [-0.25, -0.2) is 5.32 Å². The summed E-state index contributed by atoms with van der Waals surface area (Å²) in [6.45, 7) is 3.71. The molecule has 1 radical (unpaired) electrons. The van der Waals surface area contributed by atoms with Crippen LogP contribution in [0.15, 0.2) is 0 Å². The van der Waals surface area contributed by atoms with Gasteiger partial charge in [-0.1, -0.05) is 0 Å². The number of hydrogen-bond acceptors (Lipinski definition) is 1. The van der Waals surface area contributed by atoms with Gasteiger partial charge in [-0.2, -0.15) is 0 Å². The van der Waals surface area contributed by atoms with E-state index in [1.165, 1.54) is 45.2 Å². The van der Waals surface area contributed by atoms with Gasteiger partial charge in [-0.3, -0.25) is 4.90 Å². The SMILES string of the molecule is C1CCC(N2CCCC2)[N]C1. The van der Waals surface area contributed by atoms with Crippen molar-refractivity contribution in [1.29, 1.82) is 0 Å². The maximum Gasteiger partial charge on any atom is 0.0760 e. The standard InChI is InChI=1S/C9H17N2/c1-2-6-10-9(5-1)11-7-3-4-8-11/h9H,1-8H2. The van der Waals surface area contributed by atoms with Gasteiger partial charge in [0.05, 0.1) is 6.17 Å². The second kappa shape index (κ2) is 3.55. The van der Waals surface area contributed by atoms with E-state index in [4.69, 9.17) is 0 Å². The summed E-state index contributed by atoms with van der Waals surface area (Å²) in [5.41, 5.74) is 0. The van der Waals surface area contributed by atoms with E-state index < -0.39 is 0 Å². The van der Waals surface area contributed by atoms with Crippen molar-refractivity contribution >= 4 is 0 Å². The highest BCUT2D eigenvalue weighted by Crippen LogP contribution is 2.17. The number of piperidine rings is 1. The van der Waals surface area contributed by atoms with Gasteiger partial charge in [0.25, 0.3) is 0 Å². The van der Waals surface area contributed by atoms with Gasteiger partial charge in [0.15, 0.2) is 0 Å². The highest BCUT2D eigenvalue weighted by Gasteiger charge is 2.23. The zero-order chi connectivity index (χ0) is 7.52. The Bertz CT molecular complexity index is 113. The molecule has 0 aromatic carbocycles. The molecule has 1 unspecified atom stereocenters. The molecular weight excluding hydrogens is 136 g/mol. The molecule has 0 saturated carbocycles. The van der Waals surface area contributed by atoms with E-state index in [-0.39, 0.29) is 0 Å². The fraction of sp³-hybridized carbons (Fsp3) is 1.00. The minimum Gasteiger partial charge on any atom is -0.287 e. The molecule has 0 aliphatic carbocycles. The lowest BCUT2D eigenvalue weighted by Gasteiger charge is -2.30. The normalized spacial score (nSPS) is 34.4. The van der Waals surface area contributed by atoms with Crippen LogP contribution in [-0.2, 0) is 0 Å². The third-order valence-electron chi connectivity index (χ3n) is 2.77. The number of likely N-dealkylation sites (tertiary alicyclic amines) is 1. The summed E-state index contributed by atoms with van der Waals surface area (Å²) < 4.78 is 0. The molecule has 0 spiro atoms. The van der Waals surface area contributed by atoms with Crippen LogP contribution < -0.4 is 5.32 Å². The largest absolute Gasteiger partial charge is 0.287 e. The molecule has 0 aromatic heterocycles. The molecule has 2 saturated heterocycles. The summed E-state index contributed by atoms with van der Waals surface area (Å²) >= 11 is 0. The molecule has 2 fully saturated rings. The van der Waals surface area contributed by atoms with Crippen molar-refractivity contribution in [3.8, 4) is 0 Å². The zero-order valence-electron chi connectivity index (χ0n) is 7.13. The molecule has 2 heterocycles. The van der Waals surface area contributed by atoms with Crippen molar-refractivity contribution in [2.75, 3.05) is 19.6 Å². The molecule has 2 aliphatic heterocycles. The fourth-order valence-corrected chi connectivity index (χ4v) is 2.11. The molecule has 2 aliphatic rings. The molecule has 0 aromatic rings. The van der Waals surface area contributed by atoms with Crippen LogP contribution in [0.2, 0.25) is 0 Å². The first-order chi connectivity index (χ1) is 5.47. The predicted molar refractivity (Wildman–Crippen MR) is 45.4 cm³/mol. The van der Waals surface area contributed by atoms with E-state index in [1.54, 1.807) is 0 Å². The predicted octanol–water partition coefficient (Wildman–Crippen LogP) is 1.20. The average molecular weight is 153 g/mol. The van der Waals surface area contributed by atoms with Gasteiger partial charge in [-0.15, -0.1) is 0 Å². The molecule has 2 heteroatoms. The average Bonchev–Trinajstić information content (AvgIpc) is 2.58. The lowest BCUT2D eigenvalue weighted by atomic mass is 10.1. The quantitative estimate of drug-likeness (QED) is 0.553. The summed E-state index contributed by atoms with van der Waals surface area (Å²) in [5, 5.41) is 4.64. The van der Waals surface area contributed by atoms with Crippen molar-refractivity contribution in [2.45, 2.75) is 38.3 Å². The first-order valence-corrected chi connectivity index (χ1v) is 4.87. The van der Waals surface area contributed by atoms with Gasteiger partial charge in [0.1, 0.15) is 0 Å². The molecule has 2 nitrogen and oxygen atoms in total. The number of rotatable bonds is 1. The fourth-order valence-electron chi connectivity index (χ4n) is 2.11. The van der Waals surface area contributed by atoms with Crippen molar-refractivity contribution in [2.24, 2.45) is 0 Å². The van der Waals surface area contributed by atoms with Crippen LogP contribution in [-0.4, -0.2) is 30.7 Å². The van der Waals surface area contributed by atoms with Crippen LogP contribution in [0.4, 0.5) is 0 Å². The number of hydrogen-bond donors (Lipinski definition) is 0. The Balaban J connectivity index is 1.82. The van der Waals surface area contributed by atoms with Crippen LogP contribution in [0.25, 0.3) is 0 Å². The molecule has 0 N–H and O–H groups in total. The van der Waals surface area contributed by atoms with Gasteiger partial charge >= 0.3 is 0 Å². The Morgan fingerprint density at radius 2 is 1.82 bits per heavy atom. The molecular formula is C9H17N2. The Kier molecular flexibility index (Phi) is 2.44. The van der Waals surface area contributed by atoms with Crippen LogP contribution in [0.5, 0.6) is 0 Å². The Labute approximate surface area is 69.0 Å². The molecule has 11 heavy (non-hydrogen) atoms. The summed E-state index contributed by atoms with van der Waals surface area (Å²) in [6.07, 6.45) is 7.43. The Morgan fingerprint density at radius 3 is 2.45 bits per heavy atom. The minimum atomic E-state index is 0.603. The second-order valence-corrected chi connectivity index (χ2v) is 3.63. The van der Waals surface area contributed by atoms with Gasteiger partial charge in [-0.05, 0) is 45.2 Å². The third-order valence-corrected chi connectivity index (χ3v) is 2.77. The molecule has 2 rings (SSSR count). The molecule has 0 amide bonds. The van der Waals surface area contributed by atoms with E-state index in [9.17, 15) is 0 Å². The zero-order valence-corrected chi connectivity index (χ0v) is 7.13. The minimum absolute atomic E-state index is 0.603. The van der Waals surface area contributed by atoms with E-state index in [0.717, 1.165) is 6.54 Å². The summed E-state index contributed by atoms with van der Waals surface area (Å²) in [6, 6.07) is 0. The second-order valence-electron chi connectivity index (χ2n) is 3.63. The summed E-state index contributed by atoms with van der Waals surface area (Å²) in [5.74, 6) is 0. The highest BCUT2D eigenvalue weighted by molar-refractivity contribution is 4.76. The van der Waals surface area contributed by atoms with Gasteiger partial charge in [0.2, 0.25) is 0 Å². The highest BCUT2D eigenvalue weighted by atomic mass is 15.3. The van der Waals surface area contributed by atoms with E-state index >= 15 is 0 Å². The van der Waals surface area contributed by atoms with Gasteiger partial charge in [0, 0.05) is 6.54 Å². The Morgan fingerprint density at radius 1 is 1.00 bits per heavy atom. The first kappa shape index (κ1) is 7.56. The summed E-state index contributed by atoms with van der Waals surface area (Å²) in [4.78, 5) is 2.55. The maximum absolute atomic E-state index is 4.64. The lowest BCUT2D eigenvalue weighted by Crippen LogP contribution is -2.42. The van der Waals surface area contributed by atoms with Crippen molar-refractivity contribution < 1.29 is 0 Å². The third kappa shape index (κ3) is 1.74. The van der Waals surface area contributed by atoms with E-state index in [1.807, 2.05) is 0 Å².